The Morgan fingerprint density at radius 2 is 1.50 bits per heavy atom. The monoisotopic (exact) mass is 217 g/mol. The molecule has 0 amide bonds. The summed E-state index contributed by atoms with van der Waals surface area (Å²) in [7, 11) is 0. The van der Waals surface area contributed by atoms with Crippen LogP contribution in [0.25, 0.3) is 0 Å². The fourth-order valence-corrected chi connectivity index (χ4v) is 1.39. The SMILES string of the molecule is CCN(CC)C(=S)SC.O.O.O. The van der Waals surface area contributed by atoms with Crippen molar-refractivity contribution in [2.24, 2.45) is 0 Å². The lowest BCUT2D eigenvalue weighted by molar-refractivity contribution is 0.482. The molecule has 78 valence electrons. The van der Waals surface area contributed by atoms with Gasteiger partial charge < -0.3 is 21.3 Å². The summed E-state index contributed by atoms with van der Waals surface area (Å²) in [4.78, 5) is 2.17. The van der Waals surface area contributed by atoms with Gasteiger partial charge in [-0.3, -0.25) is 0 Å². The zero-order valence-corrected chi connectivity index (χ0v) is 9.31. The first-order valence-electron chi connectivity index (χ1n) is 3.09. The van der Waals surface area contributed by atoms with E-state index in [0.717, 1.165) is 17.4 Å². The van der Waals surface area contributed by atoms with Crippen molar-refractivity contribution in [3.05, 3.63) is 0 Å². The molecule has 0 rings (SSSR count). The van der Waals surface area contributed by atoms with Gasteiger partial charge in [-0.2, -0.15) is 0 Å². The van der Waals surface area contributed by atoms with Crippen LogP contribution in [0.3, 0.4) is 0 Å². The second-order valence-electron chi connectivity index (χ2n) is 1.64. The van der Waals surface area contributed by atoms with E-state index < -0.39 is 0 Å². The lowest BCUT2D eigenvalue weighted by Crippen LogP contribution is -2.26. The fraction of sp³-hybridized carbons (Fsp3) is 0.833. The highest BCUT2D eigenvalue weighted by atomic mass is 32.2. The number of nitrogens with zero attached hydrogens (tertiary/aromatic N) is 1. The molecule has 0 aromatic rings. The van der Waals surface area contributed by atoms with Crippen LogP contribution in [0.2, 0.25) is 0 Å². The molecule has 0 atom stereocenters. The second-order valence-corrected chi connectivity index (χ2v) is 3.08. The average Bonchev–Trinajstić information content (AvgIpc) is 1.90. The first-order valence-corrected chi connectivity index (χ1v) is 4.72. The van der Waals surface area contributed by atoms with E-state index in [1.807, 2.05) is 6.26 Å². The molecule has 12 heavy (non-hydrogen) atoms. The quantitative estimate of drug-likeness (QED) is 0.583. The topological polar surface area (TPSA) is 97.7 Å². The molecule has 0 aromatic heterocycles. The highest BCUT2D eigenvalue weighted by Crippen LogP contribution is 2.03. The molecular weight excluding hydrogens is 198 g/mol. The van der Waals surface area contributed by atoms with E-state index in [1.165, 1.54) is 0 Å². The largest absolute Gasteiger partial charge is 0.412 e. The van der Waals surface area contributed by atoms with Crippen LogP contribution in [0.1, 0.15) is 13.8 Å². The Bertz CT molecular complexity index is 98.8. The van der Waals surface area contributed by atoms with Crippen LogP contribution in [-0.2, 0) is 0 Å². The molecule has 4 nitrogen and oxygen atoms in total. The number of hydrogen-bond donors (Lipinski definition) is 0. The van der Waals surface area contributed by atoms with Crippen LogP contribution < -0.4 is 0 Å². The minimum Gasteiger partial charge on any atom is -0.412 e. The molecule has 0 heterocycles. The van der Waals surface area contributed by atoms with Gasteiger partial charge in [0.1, 0.15) is 4.32 Å². The van der Waals surface area contributed by atoms with Crippen LogP contribution in [-0.4, -0.2) is 45.0 Å². The highest BCUT2D eigenvalue weighted by molar-refractivity contribution is 8.22. The molecule has 0 bridgehead atoms. The molecule has 0 aliphatic heterocycles. The number of rotatable bonds is 2. The number of hydrogen-bond acceptors (Lipinski definition) is 2. The molecule has 0 aliphatic carbocycles. The van der Waals surface area contributed by atoms with Gasteiger partial charge in [0.25, 0.3) is 0 Å². The Labute approximate surface area is 83.2 Å². The fourth-order valence-electron chi connectivity index (χ4n) is 0.611. The first-order chi connectivity index (χ1) is 4.26. The van der Waals surface area contributed by atoms with Crippen molar-refractivity contribution < 1.29 is 16.4 Å². The standard InChI is InChI=1S/C6H13NS2.3H2O/c1-4-7(5-2)6(8)9-3;;;/h4-5H2,1-3H3;3*1H2. The average molecular weight is 217 g/mol. The van der Waals surface area contributed by atoms with E-state index in [4.69, 9.17) is 12.2 Å². The van der Waals surface area contributed by atoms with Crippen molar-refractivity contribution >= 4 is 28.3 Å². The number of thiocarbonyl (C=S) groups is 1. The van der Waals surface area contributed by atoms with Gasteiger partial charge in [0, 0.05) is 13.1 Å². The van der Waals surface area contributed by atoms with Crippen LogP contribution in [0, 0.1) is 0 Å². The molecule has 0 radical (unpaired) electrons. The lowest BCUT2D eigenvalue weighted by Gasteiger charge is -2.19. The Balaban J connectivity index is -0.000000107. The van der Waals surface area contributed by atoms with Gasteiger partial charge in [0.15, 0.2) is 0 Å². The predicted molar refractivity (Wildman–Crippen MR) is 59.9 cm³/mol. The van der Waals surface area contributed by atoms with Crippen molar-refractivity contribution in [2.75, 3.05) is 19.3 Å². The van der Waals surface area contributed by atoms with Gasteiger partial charge in [-0.25, -0.2) is 0 Å². The van der Waals surface area contributed by atoms with Crippen molar-refractivity contribution in [2.45, 2.75) is 13.8 Å². The van der Waals surface area contributed by atoms with Gasteiger partial charge in [-0.15, -0.1) is 11.8 Å². The Morgan fingerprint density at radius 1 is 1.17 bits per heavy atom. The highest BCUT2D eigenvalue weighted by Gasteiger charge is 2.00. The minimum atomic E-state index is 0. The van der Waals surface area contributed by atoms with Gasteiger partial charge in [-0.05, 0) is 20.1 Å². The zero-order chi connectivity index (χ0) is 7.28. The van der Waals surface area contributed by atoms with Crippen LogP contribution in [0.4, 0.5) is 0 Å². The molecule has 0 spiro atoms. The maximum Gasteiger partial charge on any atom is 0.136 e. The van der Waals surface area contributed by atoms with E-state index >= 15 is 0 Å². The molecule has 0 fully saturated rings. The third-order valence-electron chi connectivity index (χ3n) is 1.20. The summed E-state index contributed by atoms with van der Waals surface area (Å²) in [5.41, 5.74) is 0. The normalized spacial score (nSPS) is 6.92. The van der Waals surface area contributed by atoms with Crippen molar-refractivity contribution in [3.63, 3.8) is 0 Å². The molecule has 0 unspecified atom stereocenters. The van der Waals surface area contributed by atoms with E-state index in [2.05, 4.69) is 18.7 Å². The number of thioether (sulfide) groups is 1. The van der Waals surface area contributed by atoms with Crippen molar-refractivity contribution in [3.8, 4) is 0 Å². The molecule has 0 saturated carbocycles. The smallest absolute Gasteiger partial charge is 0.136 e. The summed E-state index contributed by atoms with van der Waals surface area (Å²) in [6.07, 6.45) is 2.01. The summed E-state index contributed by atoms with van der Waals surface area (Å²) in [5, 5.41) is 0. The van der Waals surface area contributed by atoms with Crippen LogP contribution >= 0.6 is 24.0 Å². The Morgan fingerprint density at radius 3 is 1.58 bits per heavy atom. The molecule has 0 aromatic carbocycles. The van der Waals surface area contributed by atoms with Gasteiger partial charge in [-0.1, -0.05) is 12.2 Å². The lowest BCUT2D eigenvalue weighted by atomic mass is 10.6. The summed E-state index contributed by atoms with van der Waals surface area (Å²) >= 11 is 6.70. The summed E-state index contributed by atoms with van der Waals surface area (Å²) in [5.74, 6) is 0. The Kier molecular flexibility index (Phi) is 25.9. The van der Waals surface area contributed by atoms with Crippen LogP contribution in [0.15, 0.2) is 0 Å². The third kappa shape index (κ3) is 8.22. The van der Waals surface area contributed by atoms with Crippen LogP contribution in [0.5, 0.6) is 0 Å². The Hall–Kier alpha value is 0.120. The molecular formula is C6H19NO3S2. The molecule has 6 N–H and O–H groups in total. The maximum atomic E-state index is 5.06. The molecule has 0 saturated heterocycles. The van der Waals surface area contributed by atoms with Crippen molar-refractivity contribution in [1.82, 2.24) is 4.90 Å². The summed E-state index contributed by atoms with van der Waals surface area (Å²) in [6.45, 7) is 6.28. The van der Waals surface area contributed by atoms with E-state index in [0.29, 0.717) is 0 Å². The first kappa shape index (κ1) is 22.7. The van der Waals surface area contributed by atoms with Crippen molar-refractivity contribution in [1.29, 1.82) is 0 Å². The van der Waals surface area contributed by atoms with E-state index in [9.17, 15) is 0 Å². The molecule has 6 heteroatoms. The van der Waals surface area contributed by atoms with E-state index in [1.54, 1.807) is 11.8 Å². The summed E-state index contributed by atoms with van der Waals surface area (Å²) in [6, 6.07) is 0. The second kappa shape index (κ2) is 13.7. The molecule has 0 aliphatic rings. The predicted octanol–water partition coefficient (Wildman–Crippen LogP) is -0.498. The van der Waals surface area contributed by atoms with Gasteiger partial charge >= 0.3 is 0 Å². The third-order valence-corrected chi connectivity index (χ3v) is 2.56. The van der Waals surface area contributed by atoms with E-state index in [-0.39, 0.29) is 16.4 Å². The van der Waals surface area contributed by atoms with Gasteiger partial charge in [0.2, 0.25) is 0 Å². The minimum absolute atomic E-state index is 0. The maximum absolute atomic E-state index is 5.06. The zero-order valence-electron chi connectivity index (χ0n) is 7.68. The van der Waals surface area contributed by atoms with Gasteiger partial charge in [0.05, 0.1) is 0 Å². The summed E-state index contributed by atoms with van der Waals surface area (Å²) < 4.78 is 1.00.